The Morgan fingerprint density at radius 1 is 1.48 bits per heavy atom. The van der Waals surface area contributed by atoms with Gasteiger partial charge < -0.3 is 10.1 Å². The highest BCUT2D eigenvalue weighted by atomic mass is 35.5. The number of aryl methyl sites for hydroxylation is 1. The molecule has 0 unspecified atom stereocenters. The predicted octanol–water partition coefficient (Wildman–Crippen LogP) is 3.08. The first-order chi connectivity index (χ1) is 10.8. The van der Waals surface area contributed by atoms with E-state index in [1.807, 2.05) is 0 Å². The van der Waals surface area contributed by atoms with E-state index in [1.54, 1.807) is 6.92 Å². The van der Waals surface area contributed by atoms with Gasteiger partial charge in [-0.15, -0.1) is 0 Å². The topological polar surface area (TPSA) is 55.6 Å². The molecule has 0 atom stereocenters. The van der Waals surface area contributed by atoms with Crippen LogP contribution in [0.5, 0.6) is 0 Å². The van der Waals surface area contributed by atoms with E-state index in [0.29, 0.717) is 25.3 Å². The van der Waals surface area contributed by atoms with Crippen LogP contribution in [0.15, 0.2) is 12.3 Å². The van der Waals surface area contributed by atoms with Gasteiger partial charge in [-0.1, -0.05) is 11.6 Å². The molecule has 1 amide bonds. The zero-order valence-electron chi connectivity index (χ0n) is 12.5. The van der Waals surface area contributed by atoms with Gasteiger partial charge in [-0.05, 0) is 19.4 Å². The summed E-state index contributed by atoms with van der Waals surface area (Å²) in [4.78, 5) is 16.3. The van der Waals surface area contributed by atoms with Gasteiger partial charge in [-0.2, -0.15) is 13.2 Å². The summed E-state index contributed by atoms with van der Waals surface area (Å²) in [7, 11) is 1.54. The Hall–Kier alpha value is -1.80. The number of carbonyl (C=O) groups excluding carboxylic acids is 1. The number of ether oxygens (including phenoxy) is 1. The summed E-state index contributed by atoms with van der Waals surface area (Å²) in [5.74, 6) is -0.513. The molecule has 0 aliphatic heterocycles. The minimum Gasteiger partial charge on any atom is -0.385 e. The summed E-state index contributed by atoms with van der Waals surface area (Å²) in [5.41, 5.74) is -0.499. The van der Waals surface area contributed by atoms with E-state index < -0.39 is 17.6 Å². The number of hydrogen-bond acceptors (Lipinski definition) is 3. The number of amides is 1. The molecule has 0 aliphatic carbocycles. The van der Waals surface area contributed by atoms with Crippen LogP contribution < -0.4 is 5.32 Å². The number of aromatic nitrogens is 2. The molecule has 9 heteroatoms. The SMILES string of the molecule is COCCCNC(=O)c1c(C)nc2c(Cl)cc(C(F)(F)F)cn12. The maximum atomic E-state index is 12.9. The number of methoxy groups -OCH3 is 1. The smallest absolute Gasteiger partial charge is 0.385 e. The molecule has 0 radical (unpaired) electrons. The van der Waals surface area contributed by atoms with Gasteiger partial charge in [0.1, 0.15) is 5.69 Å². The van der Waals surface area contributed by atoms with Gasteiger partial charge in [0.15, 0.2) is 5.65 Å². The first-order valence-corrected chi connectivity index (χ1v) is 7.16. The van der Waals surface area contributed by atoms with E-state index in [4.69, 9.17) is 16.3 Å². The fourth-order valence-electron chi connectivity index (χ4n) is 2.15. The maximum Gasteiger partial charge on any atom is 0.417 e. The largest absolute Gasteiger partial charge is 0.417 e. The number of alkyl halides is 3. The molecule has 23 heavy (non-hydrogen) atoms. The van der Waals surface area contributed by atoms with Crippen molar-refractivity contribution < 1.29 is 22.7 Å². The Balaban J connectivity index is 2.41. The predicted molar refractivity (Wildman–Crippen MR) is 78.8 cm³/mol. The number of nitrogens with zero attached hydrogens (tertiary/aromatic N) is 2. The second kappa shape index (κ2) is 6.76. The van der Waals surface area contributed by atoms with Gasteiger partial charge in [0.25, 0.3) is 5.91 Å². The van der Waals surface area contributed by atoms with Crippen LogP contribution in [0.3, 0.4) is 0 Å². The Bertz CT molecular complexity index is 728. The zero-order valence-corrected chi connectivity index (χ0v) is 13.3. The van der Waals surface area contributed by atoms with E-state index in [0.717, 1.165) is 16.7 Å². The van der Waals surface area contributed by atoms with Gasteiger partial charge in [-0.25, -0.2) is 4.98 Å². The molecule has 2 aromatic heterocycles. The molecule has 0 saturated heterocycles. The molecule has 0 aromatic carbocycles. The monoisotopic (exact) mass is 349 g/mol. The van der Waals surface area contributed by atoms with Crippen molar-refractivity contribution >= 4 is 23.2 Å². The number of rotatable bonds is 5. The summed E-state index contributed by atoms with van der Waals surface area (Å²) in [6.45, 7) is 2.35. The van der Waals surface area contributed by atoms with E-state index in [1.165, 1.54) is 7.11 Å². The van der Waals surface area contributed by atoms with Crippen LogP contribution in [0.1, 0.15) is 28.2 Å². The number of halogens is 4. The second-order valence-corrected chi connectivity index (χ2v) is 5.32. The molecular weight excluding hydrogens is 335 g/mol. The van der Waals surface area contributed by atoms with Gasteiger partial charge in [0.2, 0.25) is 0 Å². The van der Waals surface area contributed by atoms with E-state index in [9.17, 15) is 18.0 Å². The van der Waals surface area contributed by atoms with E-state index in [-0.39, 0.29) is 16.4 Å². The minimum absolute atomic E-state index is 0.0328. The van der Waals surface area contributed by atoms with Crippen LogP contribution >= 0.6 is 11.6 Å². The molecule has 0 saturated carbocycles. The maximum absolute atomic E-state index is 12.9. The molecule has 0 spiro atoms. The number of fused-ring (bicyclic) bond motifs is 1. The molecule has 1 N–H and O–H groups in total. The van der Waals surface area contributed by atoms with Crippen molar-refractivity contribution in [1.29, 1.82) is 0 Å². The summed E-state index contributed by atoms with van der Waals surface area (Å²) >= 11 is 5.87. The molecule has 2 aromatic rings. The highest BCUT2D eigenvalue weighted by Gasteiger charge is 2.32. The zero-order chi connectivity index (χ0) is 17.2. The fraction of sp³-hybridized carbons (Fsp3) is 0.429. The van der Waals surface area contributed by atoms with Crippen molar-refractivity contribution in [2.45, 2.75) is 19.5 Å². The Kier molecular flexibility index (Phi) is 5.16. The number of imidazole rings is 1. The Labute approximate surface area is 135 Å². The van der Waals surface area contributed by atoms with Crippen LogP contribution in [-0.2, 0) is 10.9 Å². The second-order valence-electron chi connectivity index (χ2n) is 4.92. The molecule has 0 fully saturated rings. The molecule has 126 valence electrons. The summed E-state index contributed by atoms with van der Waals surface area (Å²) in [6.07, 6.45) is -3.15. The van der Waals surface area contributed by atoms with Crippen LogP contribution in [0.25, 0.3) is 5.65 Å². The standard InChI is InChI=1S/C14H15ClF3N3O2/c1-8-11(13(22)19-4-3-5-23-2)21-7-9(14(16,17)18)6-10(15)12(21)20-8/h6-7H,3-5H2,1-2H3,(H,19,22). The van der Waals surface area contributed by atoms with Crippen molar-refractivity contribution in [2.24, 2.45) is 0 Å². The third-order valence-electron chi connectivity index (χ3n) is 3.20. The molecule has 5 nitrogen and oxygen atoms in total. The lowest BCUT2D eigenvalue weighted by Crippen LogP contribution is -2.27. The minimum atomic E-state index is -4.57. The number of carbonyl (C=O) groups is 1. The lowest BCUT2D eigenvalue weighted by Gasteiger charge is -2.10. The number of nitrogens with one attached hydrogen (secondary N) is 1. The van der Waals surface area contributed by atoms with Gasteiger partial charge in [0, 0.05) is 26.5 Å². The molecular formula is C14H15ClF3N3O2. The lowest BCUT2D eigenvalue weighted by molar-refractivity contribution is -0.137. The van der Waals surface area contributed by atoms with Crippen molar-refractivity contribution in [3.63, 3.8) is 0 Å². The highest BCUT2D eigenvalue weighted by molar-refractivity contribution is 6.33. The van der Waals surface area contributed by atoms with E-state index >= 15 is 0 Å². The third-order valence-corrected chi connectivity index (χ3v) is 3.48. The van der Waals surface area contributed by atoms with Gasteiger partial charge in [0.05, 0.1) is 16.3 Å². The average Bonchev–Trinajstić information content (AvgIpc) is 2.79. The number of pyridine rings is 1. The van der Waals surface area contributed by atoms with E-state index in [2.05, 4.69) is 10.3 Å². The molecule has 2 heterocycles. The molecule has 2 rings (SSSR count). The Morgan fingerprint density at radius 2 is 2.17 bits per heavy atom. The molecule has 0 aliphatic rings. The number of hydrogen-bond donors (Lipinski definition) is 1. The van der Waals surface area contributed by atoms with Crippen LogP contribution in [0.4, 0.5) is 13.2 Å². The quantitative estimate of drug-likeness (QED) is 0.844. The van der Waals surface area contributed by atoms with Crippen molar-refractivity contribution in [3.05, 3.63) is 34.2 Å². The normalized spacial score (nSPS) is 11.9. The van der Waals surface area contributed by atoms with Crippen molar-refractivity contribution in [1.82, 2.24) is 14.7 Å². The average molecular weight is 350 g/mol. The van der Waals surface area contributed by atoms with Crippen molar-refractivity contribution in [2.75, 3.05) is 20.3 Å². The first-order valence-electron chi connectivity index (χ1n) is 6.78. The fourth-order valence-corrected chi connectivity index (χ4v) is 2.40. The highest BCUT2D eigenvalue weighted by Crippen LogP contribution is 2.33. The summed E-state index contributed by atoms with van der Waals surface area (Å²) < 4.78 is 44.7. The lowest BCUT2D eigenvalue weighted by atomic mass is 10.2. The van der Waals surface area contributed by atoms with Crippen LogP contribution in [0, 0.1) is 6.92 Å². The Morgan fingerprint density at radius 3 is 2.78 bits per heavy atom. The van der Waals surface area contributed by atoms with Crippen LogP contribution in [0.2, 0.25) is 5.02 Å². The third kappa shape index (κ3) is 3.76. The first kappa shape index (κ1) is 17.6. The van der Waals surface area contributed by atoms with Gasteiger partial charge >= 0.3 is 6.18 Å². The molecule has 0 bridgehead atoms. The summed E-state index contributed by atoms with van der Waals surface area (Å²) in [6, 6.07) is 0.795. The summed E-state index contributed by atoms with van der Waals surface area (Å²) in [5, 5.41) is 2.46. The van der Waals surface area contributed by atoms with Crippen molar-refractivity contribution in [3.8, 4) is 0 Å². The van der Waals surface area contributed by atoms with Gasteiger partial charge in [-0.3, -0.25) is 9.20 Å². The van der Waals surface area contributed by atoms with Crippen LogP contribution in [-0.4, -0.2) is 35.6 Å².